The van der Waals surface area contributed by atoms with Gasteiger partial charge in [0.05, 0.1) is 11.5 Å². The van der Waals surface area contributed by atoms with Gasteiger partial charge in [-0.25, -0.2) is 4.79 Å². The van der Waals surface area contributed by atoms with E-state index in [1.165, 1.54) is 4.90 Å². The average molecular weight is 270 g/mol. The molecule has 110 valence electrons. The molecule has 0 bridgehead atoms. The number of nitrogens with zero attached hydrogens (tertiary/aromatic N) is 1. The van der Waals surface area contributed by atoms with Gasteiger partial charge in [-0.15, -0.1) is 0 Å². The van der Waals surface area contributed by atoms with Gasteiger partial charge in [-0.3, -0.25) is 4.79 Å². The van der Waals surface area contributed by atoms with E-state index in [1.807, 2.05) is 13.8 Å². The first kappa shape index (κ1) is 15.8. The lowest BCUT2D eigenvalue weighted by molar-refractivity contribution is -0.128. The predicted molar refractivity (Wildman–Crippen MR) is 74.4 cm³/mol. The molecule has 0 spiro atoms. The highest BCUT2D eigenvalue weighted by molar-refractivity contribution is 5.81. The van der Waals surface area contributed by atoms with Gasteiger partial charge in [0, 0.05) is 19.6 Å². The number of hydrogen-bond donors (Lipinski definition) is 3. The lowest BCUT2D eigenvalue weighted by Crippen LogP contribution is -2.56. The Kier molecular flexibility index (Phi) is 5.60. The van der Waals surface area contributed by atoms with Crippen molar-refractivity contribution < 1.29 is 9.59 Å². The molecule has 0 aromatic heterocycles. The molecule has 1 aliphatic heterocycles. The first-order valence-corrected chi connectivity index (χ1v) is 7.04. The highest BCUT2D eigenvalue weighted by atomic mass is 16.2. The third kappa shape index (κ3) is 3.83. The zero-order chi connectivity index (χ0) is 14.5. The Bertz CT molecular complexity index is 320. The molecule has 1 rings (SSSR count). The summed E-state index contributed by atoms with van der Waals surface area (Å²) in [4.78, 5) is 25.0. The van der Waals surface area contributed by atoms with Gasteiger partial charge in [-0.05, 0) is 25.7 Å². The molecule has 0 radical (unpaired) electrons. The zero-order valence-corrected chi connectivity index (χ0v) is 11.9. The first-order valence-electron chi connectivity index (χ1n) is 7.04. The van der Waals surface area contributed by atoms with E-state index in [9.17, 15) is 9.59 Å². The quantitative estimate of drug-likeness (QED) is 0.674. The number of piperidine rings is 1. The van der Waals surface area contributed by atoms with Crippen LogP contribution in [0.4, 0.5) is 4.79 Å². The monoisotopic (exact) mass is 270 g/mol. The van der Waals surface area contributed by atoms with Crippen LogP contribution >= 0.6 is 0 Å². The molecule has 6 heteroatoms. The number of carbonyl (C=O) groups is 2. The summed E-state index contributed by atoms with van der Waals surface area (Å²) in [7, 11) is 0. The van der Waals surface area contributed by atoms with Crippen molar-refractivity contribution in [1.29, 1.82) is 0 Å². The van der Waals surface area contributed by atoms with Crippen molar-refractivity contribution in [2.45, 2.75) is 45.1 Å². The molecule has 5 N–H and O–H groups in total. The Morgan fingerprint density at radius 1 is 1.37 bits per heavy atom. The highest BCUT2D eigenvalue weighted by Gasteiger charge is 2.32. The summed E-state index contributed by atoms with van der Waals surface area (Å²) in [5.74, 6) is -0.189. The van der Waals surface area contributed by atoms with Crippen LogP contribution in [0.2, 0.25) is 0 Å². The molecule has 0 aromatic rings. The Balaban J connectivity index is 2.64. The molecule has 1 unspecified atom stereocenters. The van der Waals surface area contributed by atoms with Crippen LogP contribution < -0.4 is 16.8 Å². The number of nitrogens with one attached hydrogen (secondary N) is 1. The van der Waals surface area contributed by atoms with E-state index >= 15 is 0 Å². The Labute approximate surface area is 114 Å². The van der Waals surface area contributed by atoms with E-state index in [1.54, 1.807) is 0 Å². The number of carbonyl (C=O) groups excluding carboxylic acids is 2. The van der Waals surface area contributed by atoms with Crippen LogP contribution in [0.3, 0.4) is 0 Å². The fourth-order valence-corrected chi connectivity index (χ4v) is 2.52. The largest absolute Gasteiger partial charge is 0.351 e. The molecule has 19 heavy (non-hydrogen) atoms. The fourth-order valence-electron chi connectivity index (χ4n) is 2.52. The molecular formula is C13H26N4O2. The number of nitrogens with two attached hydrogens (primary N) is 2. The summed E-state index contributed by atoms with van der Waals surface area (Å²) in [5, 5.41) is 3.07. The predicted octanol–water partition coefficient (Wildman–Crippen LogP) is 0.411. The smallest absolute Gasteiger partial charge is 0.314 e. The second-order valence-electron chi connectivity index (χ2n) is 5.30. The van der Waals surface area contributed by atoms with Crippen molar-refractivity contribution in [3.8, 4) is 0 Å². The molecule has 0 aliphatic carbocycles. The number of rotatable bonds is 5. The van der Waals surface area contributed by atoms with Gasteiger partial charge >= 0.3 is 6.03 Å². The van der Waals surface area contributed by atoms with E-state index in [4.69, 9.17) is 11.5 Å². The molecule has 0 saturated carbocycles. The Morgan fingerprint density at radius 3 is 2.47 bits per heavy atom. The van der Waals surface area contributed by atoms with Gasteiger partial charge in [0.25, 0.3) is 0 Å². The summed E-state index contributed by atoms with van der Waals surface area (Å²) < 4.78 is 0. The maximum Gasteiger partial charge on any atom is 0.314 e. The molecule has 1 saturated heterocycles. The molecule has 1 atom stereocenters. The van der Waals surface area contributed by atoms with Crippen LogP contribution in [0.1, 0.15) is 39.5 Å². The lowest BCUT2D eigenvalue weighted by atomic mass is 9.90. The van der Waals surface area contributed by atoms with Crippen LogP contribution in [-0.4, -0.2) is 42.0 Å². The van der Waals surface area contributed by atoms with Crippen LogP contribution in [0.15, 0.2) is 0 Å². The maximum atomic E-state index is 12.3. The first-order chi connectivity index (χ1) is 8.98. The minimum absolute atomic E-state index is 0.0138. The molecule has 3 amide bonds. The summed E-state index contributed by atoms with van der Waals surface area (Å²) >= 11 is 0. The average Bonchev–Trinajstić information content (AvgIpc) is 2.45. The number of hydrogen-bond acceptors (Lipinski definition) is 3. The molecule has 0 aromatic carbocycles. The van der Waals surface area contributed by atoms with Crippen molar-refractivity contribution in [1.82, 2.24) is 10.2 Å². The number of likely N-dealkylation sites (tertiary alicyclic amines) is 1. The number of urea groups is 1. The van der Waals surface area contributed by atoms with E-state index in [0.717, 1.165) is 25.7 Å². The Hall–Kier alpha value is -1.30. The van der Waals surface area contributed by atoms with Crippen molar-refractivity contribution in [3.05, 3.63) is 0 Å². The van der Waals surface area contributed by atoms with Gasteiger partial charge in [0.2, 0.25) is 5.91 Å². The molecule has 1 aliphatic rings. The van der Waals surface area contributed by atoms with Crippen LogP contribution in [0, 0.1) is 5.92 Å². The molecule has 6 nitrogen and oxygen atoms in total. The summed E-state index contributed by atoms with van der Waals surface area (Å²) in [6, 6.07) is -0.450. The minimum atomic E-state index is -0.450. The number of primary amides is 1. The topological polar surface area (TPSA) is 101 Å². The van der Waals surface area contributed by atoms with Gasteiger partial charge < -0.3 is 21.7 Å². The Morgan fingerprint density at radius 2 is 2.00 bits per heavy atom. The zero-order valence-electron chi connectivity index (χ0n) is 11.9. The van der Waals surface area contributed by atoms with Gasteiger partial charge in [-0.2, -0.15) is 0 Å². The third-order valence-electron chi connectivity index (χ3n) is 4.24. The van der Waals surface area contributed by atoms with Crippen molar-refractivity contribution in [2.24, 2.45) is 17.4 Å². The molecular weight excluding hydrogens is 244 g/mol. The SMILES string of the molecule is CCC(CC)(CN)NC(=O)C1CCCN(C(N)=O)C1. The standard InChI is InChI=1S/C13H26N4O2/c1-3-13(4-2,9-14)16-11(18)10-6-5-7-17(8-10)12(15)19/h10H,3-9,14H2,1-2H3,(H2,15,19)(H,16,18). The number of amides is 3. The summed E-state index contributed by atoms with van der Waals surface area (Å²) in [6.07, 6.45) is 3.22. The van der Waals surface area contributed by atoms with Crippen LogP contribution in [-0.2, 0) is 4.79 Å². The highest BCUT2D eigenvalue weighted by Crippen LogP contribution is 2.19. The fraction of sp³-hybridized carbons (Fsp3) is 0.846. The molecule has 1 fully saturated rings. The van der Waals surface area contributed by atoms with Gasteiger partial charge in [0.1, 0.15) is 0 Å². The summed E-state index contributed by atoms with van der Waals surface area (Å²) in [6.45, 7) is 5.52. The summed E-state index contributed by atoms with van der Waals surface area (Å²) in [5.41, 5.74) is 10.7. The van der Waals surface area contributed by atoms with Crippen molar-refractivity contribution >= 4 is 11.9 Å². The second-order valence-corrected chi connectivity index (χ2v) is 5.30. The normalized spacial score (nSPS) is 20.2. The van der Waals surface area contributed by atoms with Crippen molar-refractivity contribution in [3.63, 3.8) is 0 Å². The van der Waals surface area contributed by atoms with Crippen molar-refractivity contribution in [2.75, 3.05) is 19.6 Å². The third-order valence-corrected chi connectivity index (χ3v) is 4.24. The lowest BCUT2D eigenvalue weighted by Gasteiger charge is -2.36. The minimum Gasteiger partial charge on any atom is -0.351 e. The second kappa shape index (κ2) is 6.75. The maximum absolute atomic E-state index is 12.3. The van der Waals surface area contributed by atoms with E-state index in [2.05, 4.69) is 5.32 Å². The van der Waals surface area contributed by atoms with E-state index < -0.39 is 6.03 Å². The van der Waals surface area contributed by atoms with Crippen LogP contribution in [0.5, 0.6) is 0 Å². The van der Waals surface area contributed by atoms with Crippen LogP contribution in [0.25, 0.3) is 0 Å². The molecule has 1 heterocycles. The van der Waals surface area contributed by atoms with E-state index in [-0.39, 0.29) is 17.4 Å². The van der Waals surface area contributed by atoms with E-state index in [0.29, 0.717) is 19.6 Å². The van der Waals surface area contributed by atoms with Gasteiger partial charge in [0.15, 0.2) is 0 Å². The van der Waals surface area contributed by atoms with Gasteiger partial charge in [-0.1, -0.05) is 13.8 Å².